The molecular formula is C27H23N3O7. The molecule has 1 aliphatic rings. The van der Waals surface area contributed by atoms with Gasteiger partial charge in [0.15, 0.2) is 0 Å². The number of ether oxygens (including phenoxy) is 1. The van der Waals surface area contributed by atoms with Gasteiger partial charge in [-0.25, -0.2) is 4.79 Å². The number of nitro benzene ring substituents is 1. The van der Waals surface area contributed by atoms with Gasteiger partial charge in [-0.05, 0) is 43.2 Å². The number of carbonyl (C=O) groups excluding carboxylic acids is 3. The lowest BCUT2D eigenvalue weighted by atomic mass is 9.96. The number of non-ortho nitro benzene ring substituents is 1. The van der Waals surface area contributed by atoms with Gasteiger partial charge in [0.25, 0.3) is 17.4 Å². The molecule has 0 aliphatic carbocycles. The highest BCUT2D eigenvalue weighted by Crippen LogP contribution is 2.40. The van der Waals surface area contributed by atoms with Crippen LogP contribution < -0.4 is 0 Å². The smallest absolute Gasteiger partial charge is 0.338 e. The summed E-state index contributed by atoms with van der Waals surface area (Å²) in [5.41, 5.74) is 1.02. The van der Waals surface area contributed by atoms with Crippen LogP contribution in [0, 0.1) is 10.1 Å². The molecule has 0 bridgehead atoms. The number of pyridine rings is 1. The van der Waals surface area contributed by atoms with E-state index in [0.29, 0.717) is 16.7 Å². The first-order valence-electron chi connectivity index (χ1n) is 11.4. The number of likely N-dealkylation sites (tertiary alicyclic amines) is 1. The minimum absolute atomic E-state index is 0.00460. The summed E-state index contributed by atoms with van der Waals surface area (Å²) in [5, 5.41) is 22.3. The van der Waals surface area contributed by atoms with Gasteiger partial charge in [-0.3, -0.25) is 24.7 Å². The van der Waals surface area contributed by atoms with E-state index in [1.54, 1.807) is 50.2 Å². The van der Waals surface area contributed by atoms with Crippen LogP contribution in [0.4, 0.5) is 5.69 Å². The van der Waals surface area contributed by atoms with E-state index in [0.717, 1.165) is 6.07 Å². The van der Waals surface area contributed by atoms with Crippen molar-refractivity contribution in [3.05, 3.63) is 111 Å². The van der Waals surface area contributed by atoms with Gasteiger partial charge in [-0.2, -0.15) is 0 Å². The topological polar surface area (TPSA) is 140 Å². The molecule has 1 unspecified atom stereocenters. The molecule has 1 saturated heterocycles. The first kappa shape index (κ1) is 25.2. The van der Waals surface area contributed by atoms with Crippen LogP contribution in [0.25, 0.3) is 5.76 Å². The molecule has 1 atom stereocenters. The number of amides is 1. The highest BCUT2D eigenvalue weighted by Gasteiger charge is 2.46. The maximum atomic E-state index is 13.1. The minimum atomic E-state index is -0.987. The van der Waals surface area contributed by atoms with Crippen molar-refractivity contribution in [2.45, 2.75) is 32.5 Å². The summed E-state index contributed by atoms with van der Waals surface area (Å²) >= 11 is 0. The summed E-state index contributed by atoms with van der Waals surface area (Å²) in [5.74, 6) is -2.77. The number of aliphatic hydroxyl groups excluding tert-OH is 1. The Balaban J connectivity index is 1.74. The zero-order chi connectivity index (χ0) is 26.7. The Morgan fingerprint density at radius 1 is 1.11 bits per heavy atom. The maximum absolute atomic E-state index is 13.1. The summed E-state index contributed by atoms with van der Waals surface area (Å²) in [6.07, 6.45) is 2.74. The van der Waals surface area contributed by atoms with Gasteiger partial charge in [-0.15, -0.1) is 0 Å². The molecule has 1 amide bonds. The number of rotatable bonds is 7. The Kier molecular flexibility index (Phi) is 7.10. The van der Waals surface area contributed by atoms with Gasteiger partial charge in [0, 0.05) is 36.6 Å². The van der Waals surface area contributed by atoms with E-state index in [2.05, 4.69) is 4.98 Å². The van der Waals surface area contributed by atoms with Crippen molar-refractivity contribution >= 4 is 29.1 Å². The van der Waals surface area contributed by atoms with Crippen LogP contribution >= 0.6 is 0 Å². The molecule has 2 aromatic carbocycles. The lowest BCUT2D eigenvalue weighted by Gasteiger charge is -2.25. The molecule has 4 rings (SSSR count). The van der Waals surface area contributed by atoms with E-state index >= 15 is 0 Å². The monoisotopic (exact) mass is 501 g/mol. The second-order valence-corrected chi connectivity index (χ2v) is 8.67. The molecule has 0 radical (unpaired) electrons. The number of carbonyl (C=O) groups is 3. The standard InChI is InChI=1S/C27H23N3O7/c1-16(2)37-27(34)18-10-8-17(9-11-18)15-29-23(20-6-4-12-28-14-20)22(25(32)26(29)33)24(31)19-5-3-7-21(13-19)30(35)36/h3-14,16,23,31H,15H2,1-2H3/b24-22-. The van der Waals surface area contributed by atoms with Crippen LogP contribution in [0.15, 0.2) is 78.6 Å². The van der Waals surface area contributed by atoms with Crippen molar-refractivity contribution in [3.8, 4) is 0 Å². The van der Waals surface area contributed by atoms with Crippen molar-refractivity contribution in [3.63, 3.8) is 0 Å². The quantitative estimate of drug-likeness (QED) is 0.127. The Bertz CT molecular complexity index is 1400. The second-order valence-electron chi connectivity index (χ2n) is 8.67. The molecule has 1 aliphatic heterocycles. The van der Waals surface area contributed by atoms with Gasteiger partial charge in [-0.1, -0.05) is 30.3 Å². The lowest BCUT2D eigenvalue weighted by Crippen LogP contribution is -2.29. The molecule has 10 nitrogen and oxygen atoms in total. The van der Waals surface area contributed by atoms with Gasteiger partial charge in [0.05, 0.1) is 28.2 Å². The molecule has 2 heterocycles. The zero-order valence-electron chi connectivity index (χ0n) is 20.0. The number of ketones is 1. The van der Waals surface area contributed by atoms with Crippen LogP contribution in [0.3, 0.4) is 0 Å². The molecule has 37 heavy (non-hydrogen) atoms. The predicted octanol–water partition coefficient (Wildman–Crippen LogP) is 4.18. The third-order valence-corrected chi connectivity index (χ3v) is 5.76. The molecule has 3 aromatic rings. The lowest BCUT2D eigenvalue weighted by molar-refractivity contribution is -0.384. The van der Waals surface area contributed by atoms with E-state index in [4.69, 9.17) is 4.74 Å². The van der Waals surface area contributed by atoms with Crippen LogP contribution in [0.1, 0.15) is 46.9 Å². The normalized spacial score (nSPS) is 16.7. The van der Waals surface area contributed by atoms with E-state index in [-0.39, 0.29) is 29.5 Å². The number of Topliss-reactive ketones (excluding diaryl/α,β-unsaturated/α-hetero) is 1. The molecular weight excluding hydrogens is 478 g/mol. The Hall–Kier alpha value is -4.86. The van der Waals surface area contributed by atoms with E-state index in [1.807, 2.05) is 0 Å². The number of aromatic nitrogens is 1. The van der Waals surface area contributed by atoms with Crippen LogP contribution in [-0.4, -0.2) is 43.7 Å². The predicted molar refractivity (Wildman–Crippen MR) is 132 cm³/mol. The number of hydrogen-bond donors (Lipinski definition) is 1. The van der Waals surface area contributed by atoms with Gasteiger partial charge in [0.2, 0.25) is 0 Å². The van der Waals surface area contributed by atoms with Crippen LogP contribution in [0.5, 0.6) is 0 Å². The van der Waals surface area contributed by atoms with Gasteiger partial charge < -0.3 is 14.7 Å². The van der Waals surface area contributed by atoms with E-state index in [1.165, 1.54) is 35.5 Å². The zero-order valence-corrected chi connectivity index (χ0v) is 20.0. The summed E-state index contributed by atoms with van der Waals surface area (Å²) in [6.45, 7) is 3.49. The second kappa shape index (κ2) is 10.4. The highest BCUT2D eigenvalue weighted by molar-refractivity contribution is 6.46. The van der Waals surface area contributed by atoms with Gasteiger partial charge >= 0.3 is 5.97 Å². The molecule has 0 saturated carbocycles. The number of esters is 1. The maximum Gasteiger partial charge on any atom is 0.338 e. The van der Waals surface area contributed by atoms with E-state index in [9.17, 15) is 29.6 Å². The fourth-order valence-corrected chi connectivity index (χ4v) is 4.07. The fourth-order valence-electron chi connectivity index (χ4n) is 4.07. The van der Waals surface area contributed by atoms with Crippen LogP contribution in [-0.2, 0) is 20.9 Å². The number of benzene rings is 2. The van der Waals surface area contributed by atoms with Crippen molar-refractivity contribution in [1.29, 1.82) is 0 Å². The highest BCUT2D eigenvalue weighted by atomic mass is 16.6. The van der Waals surface area contributed by atoms with Crippen molar-refractivity contribution in [1.82, 2.24) is 9.88 Å². The molecule has 1 aromatic heterocycles. The van der Waals surface area contributed by atoms with Gasteiger partial charge in [0.1, 0.15) is 5.76 Å². The fraction of sp³-hybridized carbons (Fsp3) is 0.185. The third-order valence-electron chi connectivity index (χ3n) is 5.76. The molecule has 1 fully saturated rings. The first-order valence-corrected chi connectivity index (χ1v) is 11.4. The van der Waals surface area contributed by atoms with Crippen molar-refractivity contribution in [2.24, 2.45) is 0 Å². The minimum Gasteiger partial charge on any atom is -0.507 e. The van der Waals surface area contributed by atoms with E-state index < -0.39 is 34.4 Å². The number of nitro groups is 1. The summed E-state index contributed by atoms with van der Waals surface area (Å²) < 4.78 is 5.19. The largest absolute Gasteiger partial charge is 0.507 e. The molecule has 10 heteroatoms. The van der Waals surface area contributed by atoms with Crippen molar-refractivity contribution in [2.75, 3.05) is 0 Å². The van der Waals surface area contributed by atoms with Crippen molar-refractivity contribution < 1.29 is 29.2 Å². The molecule has 1 N–H and O–H groups in total. The van der Waals surface area contributed by atoms with Crippen LogP contribution in [0.2, 0.25) is 0 Å². The average Bonchev–Trinajstić information content (AvgIpc) is 3.13. The Morgan fingerprint density at radius 3 is 2.46 bits per heavy atom. The molecule has 188 valence electrons. The average molecular weight is 501 g/mol. The Labute approximate surface area is 212 Å². The SMILES string of the molecule is CC(C)OC(=O)c1ccc(CN2C(=O)C(=O)/C(=C(\O)c3cccc([N+](=O)[O-])c3)C2c2cccnc2)cc1. The third kappa shape index (κ3) is 5.22. The Morgan fingerprint density at radius 2 is 1.84 bits per heavy atom. The number of aliphatic hydroxyl groups is 1. The molecule has 0 spiro atoms. The summed E-state index contributed by atoms with van der Waals surface area (Å²) in [7, 11) is 0. The first-order chi connectivity index (χ1) is 17.7. The summed E-state index contributed by atoms with van der Waals surface area (Å²) in [4.78, 5) is 54.4. The number of nitrogens with zero attached hydrogens (tertiary/aromatic N) is 3. The number of hydrogen-bond acceptors (Lipinski definition) is 8. The summed E-state index contributed by atoms with van der Waals surface area (Å²) in [6, 6.07) is 14.0.